The van der Waals surface area contributed by atoms with Crippen molar-refractivity contribution in [3.8, 4) is 11.5 Å². The number of hydrogen-bond donors (Lipinski definition) is 0. The van der Waals surface area contributed by atoms with E-state index in [1.807, 2.05) is 0 Å². The molecule has 0 heterocycles. The number of nitrogens with zero attached hydrogens (tertiary/aromatic N) is 2. The Hall–Kier alpha value is -4.55. The van der Waals surface area contributed by atoms with E-state index in [2.05, 4.69) is 18.9 Å². The third-order valence-electron chi connectivity index (χ3n) is 2.83. The predicted molar refractivity (Wildman–Crippen MR) is 85.8 cm³/mol. The molecule has 13 heteroatoms. The maximum absolute atomic E-state index is 11.4. The van der Waals surface area contributed by atoms with Crippen LogP contribution < -0.4 is 9.47 Å². The molecular weight excluding hydrogens is 384 g/mol. The van der Waals surface area contributed by atoms with Crippen LogP contribution in [0.2, 0.25) is 0 Å². The number of nitro benzene ring substituents is 2. The fraction of sp³-hybridized carbons (Fsp3) is 0. The van der Waals surface area contributed by atoms with Crippen molar-refractivity contribution < 1.29 is 43.2 Å². The van der Waals surface area contributed by atoms with E-state index in [1.54, 1.807) is 0 Å². The van der Waals surface area contributed by atoms with Gasteiger partial charge < -0.3 is 18.9 Å². The van der Waals surface area contributed by atoms with E-state index in [0.717, 1.165) is 48.5 Å². The summed E-state index contributed by atoms with van der Waals surface area (Å²) in [5.74, 6) is -0.339. The average molecular weight is 392 g/mol. The zero-order chi connectivity index (χ0) is 20.7. The van der Waals surface area contributed by atoms with Crippen LogP contribution in [-0.4, -0.2) is 28.3 Å². The molecule has 2 rings (SSSR count). The predicted octanol–water partition coefficient (Wildman–Crippen LogP) is 3.35. The fourth-order valence-corrected chi connectivity index (χ4v) is 1.66. The lowest BCUT2D eigenvalue weighted by Gasteiger charge is -2.05. The molecule has 0 N–H and O–H groups in total. The van der Waals surface area contributed by atoms with E-state index >= 15 is 0 Å². The summed E-state index contributed by atoms with van der Waals surface area (Å²) >= 11 is 0. The molecule has 0 spiro atoms. The van der Waals surface area contributed by atoms with Crippen molar-refractivity contribution in [1.29, 1.82) is 0 Å². The molecule has 0 saturated heterocycles. The molecular formula is C15H8N2O11. The van der Waals surface area contributed by atoms with Gasteiger partial charge in [-0.25, -0.2) is 14.4 Å². The second kappa shape index (κ2) is 8.70. The van der Waals surface area contributed by atoms with Gasteiger partial charge in [0.1, 0.15) is 11.5 Å². The molecule has 0 aromatic heterocycles. The van der Waals surface area contributed by atoms with Crippen LogP contribution in [0.5, 0.6) is 11.5 Å². The van der Waals surface area contributed by atoms with E-state index in [-0.39, 0.29) is 22.9 Å². The Morgan fingerprint density at radius 3 is 1.21 bits per heavy atom. The second-order valence-electron chi connectivity index (χ2n) is 4.66. The molecule has 0 saturated carbocycles. The Morgan fingerprint density at radius 2 is 0.929 bits per heavy atom. The van der Waals surface area contributed by atoms with Crippen molar-refractivity contribution in [2.24, 2.45) is 0 Å². The van der Waals surface area contributed by atoms with E-state index in [9.17, 15) is 34.6 Å². The maximum atomic E-state index is 11.4. The molecule has 0 radical (unpaired) electrons. The summed E-state index contributed by atoms with van der Waals surface area (Å²) in [6.45, 7) is 0. The van der Waals surface area contributed by atoms with Crippen molar-refractivity contribution >= 4 is 29.8 Å². The molecule has 13 nitrogen and oxygen atoms in total. The number of carbonyl (C=O) groups is 3. The van der Waals surface area contributed by atoms with E-state index in [4.69, 9.17) is 0 Å². The Kier molecular flexibility index (Phi) is 6.15. The van der Waals surface area contributed by atoms with Gasteiger partial charge in [-0.1, -0.05) is 0 Å². The number of carbonyl (C=O) groups excluding carboxylic acids is 3. The van der Waals surface area contributed by atoms with Gasteiger partial charge in [0.15, 0.2) is 0 Å². The van der Waals surface area contributed by atoms with Gasteiger partial charge in [-0.2, -0.15) is 0 Å². The lowest BCUT2D eigenvalue weighted by molar-refractivity contribution is -0.385. The minimum Gasteiger partial charge on any atom is -0.395 e. The third-order valence-corrected chi connectivity index (χ3v) is 2.83. The zero-order valence-electron chi connectivity index (χ0n) is 13.5. The van der Waals surface area contributed by atoms with Gasteiger partial charge in [0.25, 0.3) is 11.4 Å². The molecule has 0 aliphatic rings. The summed E-state index contributed by atoms with van der Waals surface area (Å²) in [7, 11) is 0. The Bertz CT molecular complexity index is 847. The Balaban J connectivity index is 1.81. The van der Waals surface area contributed by atoms with Crippen LogP contribution in [0, 0.1) is 20.2 Å². The molecule has 0 atom stereocenters. The first-order valence-electron chi connectivity index (χ1n) is 7.07. The largest absolute Gasteiger partial charge is 0.528 e. The molecule has 0 bridgehead atoms. The number of rotatable bonds is 4. The molecule has 144 valence electrons. The van der Waals surface area contributed by atoms with Crippen molar-refractivity contribution in [2.75, 3.05) is 0 Å². The highest BCUT2D eigenvalue weighted by Gasteiger charge is 2.20. The van der Waals surface area contributed by atoms with Gasteiger partial charge in [0.05, 0.1) is 9.85 Å². The van der Waals surface area contributed by atoms with Crippen LogP contribution in [0.1, 0.15) is 0 Å². The summed E-state index contributed by atoms with van der Waals surface area (Å²) < 4.78 is 17.2. The minimum atomic E-state index is -1.76. The number of ether oxygens (including phenoxy) is 4. The average Bonchev–Trinajstić information content (AvgIpc) is 2.62. The van der Waals surface area contributed by atoms with Crippen LogP contribution in [0.4, 0.5) is 25.8 Å². The lowest BCUT2D eigenvalue weighted by atomic mass is 10.3. The fourth-order valence-electron chi connectivity index (χ4n) is 1.66. The highest BCUT2D eigenvalue weighted by atomic mass is 16.9. The van der Waals surface area contributed by atoms with Crippen molar-refractivity contribution in [2.45, 2.75) is 0 Å². The number of nitro groups is 2. The van der Waals surface area contributed by atoms with E-state index < -0.39 is 28.3 Å². The summed E-state index contributed by atoms with van der Waals surface area (Å²) in [4.78, 5) is 53.7. The van der Waals surface area contributed by atoms with Crippen molar-refractivity contribution in [3.63, 3.8) is 0 Å². The summed E-state index contributed by atoms with van der Waals surface area (Å²) in [5.41, 5.74) is -0.511. The molecule has 0 unspecified atom stereocenters. The quantitative estimate of drug-likeness (QED) is 0.245. The number of hydrogen-bond acceptors (Lipinski definition) is 11. The normalized spacial score (nSPS) is 9.71. The smallest absolute Gasteiger partial charge is 0.395 e. The monoisotopic (exact) mass is 392 g/mol. The van der Waals surface area contributed by atoms with Gasteiger partial charge in [0, 0.05) is 24.3 Å². The SMILES string of the molecule is O=C(OC(=O)Oc1ccc([N+](=O)[O-])cc1)OC(=O)Oc1ccc([N+](=O)[O-])cc1. The van der Waals surface area contributed by atoms with Gasteiger partial charge in [-0.15, -0.1) is 0 Å². The molecule has 2 aromatic rings. The van der Waals surface area contributed by atoms with Gasteiger partial charge in [-0.3, -0.25) is 20.2 Å². The molecule has 2 aromatic carbocycles. The van der Waals surface area contributed by atoms with Gasteiger partial charge in [-0.05, 0) is 24.3 Å². The summed E-state index contributed by atoms with van der Waals surface area (Å²) in [5, 5.41) is 21.0. The standard InChI is InChI=1S/C15H8N2O11/c18-13(25-11-5-1-9(2-6-11)16(21)22)27-15(20)28-14(19)26-12-7-3-10(4-8-12)17(23)24/h1-8H. The minimum absolute atomic E-state index is 0.170. The van der Waals surface area contributed by atoms with Crippen LogP contribution in [0.3, 0.4) is 0 Å². The summed E-state index contributed by atoms with van der Waals surface area (Å²) in [6, 6.07) is 8.48. The van der Waals surface area contributed by atoms with Crippen LogP contribution in [0.25, 0.3) is 0 Å². The van der Waals surface area contributed by atoms with E-state index in [0.29, 0.717) is 0 Å². The lowest BCUT2D eigenvalue weighted by Crippen LogP contribution is -2.22. The molecule has 0 aliphatic carbocycles. The van der Waals surface area contributed by atoms with Crippen LogP contribution in [-0.2, 0) is 9.47 Å². The van der Waals surface area contributed by atoms with Gasteiger partial charge in [0.2, 0.25) is 0 Å². The molecule has 0 amide bonds. The first kappa shape index (κ1) is 19.8. The highest BCUT2D eigenvalue weighted by Crippen LogP contribution is 2.19. The molecule has 0 fully saturated rings. The van der Waals surface area contributed by atoms with Crippen LogP contribution >= 0.6 is 0 Å². The van der Waals surface area contributed by atoms with Crippen LogP contribution in [0.15, 0.2) is 48.5 Å². The first-order chi connectivity index (χ1) is 13.2. The van der Waals surface area contributed by atoms with Gasteiger partial charge >= 0.3 is 18.5 Å². The topological polar surface area (TPSA) is 174 Å². The third kappa shape index (κ3) is 5.76. The molecule has 0 aliphatic heterocycles. The maximum Gasteiger partial charge on any atom is 0.528 e. The van der Waals surface area contributed by atoms with Crippen molar-refractivity contribution in [3.05, 3.63) is 68.8 Å². The highest BCUT2D eigenvalue weighted by molar-refractivity contribution is 5.85. The Morgan fingerprint density at radius 1 is 0.607 bits per heavy atom. The first-order valence-corrected chi connectivity index (χ1v) is 7.07. The second-order valence-corrected chi connectivity index (χ2v) is 4.66. The zero-order valence-corrected chi connectivity index (χ0v) is 13.5. The number of benzene rings is 2. The van der Waals surface area contributed by atoms with Crippen molar-refractivity contribution in [1.82, 2.24) is 0 Å². The molecule has 28 heavy (non-hydrogen) atoms. The number of non-ortho nitro benzene ring substituents is 2. The Labute approximate surface area is 154 Å². The summed E-state index contributed by atoms with van der Waals surface area (Å²) in [6.07, 6.45) is -4.90. The van der Waals surface area contributed by atoms with E-state index in [1.165, 1.54) is 0 Å².